The zero-order valence-electron chi connectivity index (χ0n) is 7.01. The van der Waals surface area contributed by atoms with E-state index in [0.29, 0.717) is 11.1 Å². The first-order valence-corrected chi connectivity index (χ1v) is 4.55. The van der Waals surface area contributed by atoms with E-state index >= 15 is 0 Å². The van der Waals surface area contributed by atoms with Crippen molar-refractivity contribution in [2.75, 3.05) is 0 Å². The number of fused-ring (bicyclic) bond motifs is 1. The molecule has 2 rings (SSSR count). The van der Waals surface area contributed by atoms with Gasteiger partial charge in [-0.2, -0.15) is 0 Å². The van der Waals surface area contributed by atoms with Gasteiger partial charge in [0.2, 0.25) is 0 Å². The Hall–Kier alpha value is -1.24. The Morgan fingerprint density at radius 1 is 1.33 bits per heavy atom. The van der Waals surface area contributed by atoms with E-state index in [1.165, 1.54) is 6.07 Å². The normalized spacial score (nSPS) is 12.0. The van der Waals surface area contributed by atoms with Crippen LogP contribution in [0, 0.1) is 0 Å². The number of alkyl halides is 3. The Morgan fingerprint density at radius 3 is 2.73 bits per heavy atom. The van der Waals surface area contributed by atoms with Crippen molar-refractivity contribution in [2.24, 2.45) is 0 Å². The molecule has 0 spiro atoms. The summed E-state index contributed by atoms with van der Waals surface area (Å²) in [5.74, 6) is -0.323. The monoisotopic (exact) mass is 281 g/mol. The van der Waals surface area contributed by atoms with Gasteiger partial charge in [0.05, 0.1) is 0 Å². The summed E-state index contributed by atoms with van der Waals surface area (Å²) in [4.78, 5) is 4.02. The van der Waals surface area contributed by atoms with Crippen LogP contribution in [0.3, 0.4) is 0 Å². The van der Waals surface area contributed by atoms with Crippen LogP contribution in [0.15, 0.2) is 27.4 Å². The number of hydrogen-bond acceptors (Lipinski definition) is 3. The van der Waals surface area contributed by atoms with E-state index < -0.39 is 6.36 Å². The summed E-state index contributed by atoms with van der Waals surface area (Å²) < 4.78 is 44.4. The van der Waals surface area contributed by atoms with E-state index in [4.69, 9.17) is 4.42 Å². The second-order valence-electron chi connectivity index (χ2n) is 2.64. The minimum Gasteiger partial charge on any atom is -0.431 e. The Kier molecular flexibility index (Phi) is 2.34. The molecule has 0 fully saturated rings. The standard InChI is InChI=1S/C8H3BrF3NO2/c9-7-13-5-3-4(15-8(10,11)12)1-2-6(5)14-7/h1-3H. The molecule has 0 atom stereocenters. The largest absolute Gasteiger partial charge is 0.573 e. The maximum Gasteiger partial charge on any atom is 0.573 e. The van der Waals surface area contributed by atoms with Crippen molar-refractivity contribution in [3.8, 4) is 5.75 Å². The molecule has 1 heterocycles. The topological polar surface area (TPSA) is 35.3 Å². The van der Waals surface area contributed by atoms with Crippen molar-refractivity contribution < 1.29 is 22.3 Å². The smallest absolute Gasteiger partial charge is 0.431 e. The molecule has 0 amide bonds. The van der Waals surface area contributed by atoms with Gasteiger partial charge in [0.25, 0.3) is 4.80 Å². The van der Waals surface area contributed by atoms with Crippen LogP contribution in [0.1, 0.15) is 0 Å². The Morgan fingerprint density at radius 2 is 2.07 bits per heavy atom. The number of rotatable bonds is 1. The molecule has 1 aromatic carbocycles. The third kappa shape index (κ3) is 2.41. The predicted molar refractivity (Wildman–Crippen MR) is 48.4 cm³/mol. The third-order valence-electron chi connectivity index (χ3n) is 1.57. The van der Waals surface area contributed by atoms with Gasteiger partial charge in [0.15, 0.2) is 5.58 Å². The van der Waals surface area contributed by atoms with Gasteiger partial charge in [-0.25, -0.2) is 4.98 Å². The zero-order chi connectivity index (χ0) is 11.1. The average molecular weight is 282 g/mol. The number of hydrogen-bond donors (Lipinski definition) is 0. The fraction of sp³-hybridized carbons (Fsp3) is 0.125. The van der Waals surface area contributed by atoms with Gasteiger partial charge in [-0.05, 0) is 12.1 Å². The summed E-state index contributed by atoms with van der Waals surface area (Å²) in [7, 11) is 0. The average Bonchev–Trinajstić information content (AvgIpc) is 2.40. The van der Waals surface area contributed by atoms with Crippen molar-refractivity contribution in [1.29, 1.82) is 0 Å². The van der Waals surface area contributed by atoms with Gasteiger partial charge in [-0.1, -0.05) is 0 Å². The van der Waals surface area contributed by atoms with Gasteiger partial charge in [-0.3, -0.25) is 0 Å². The lowest BCUT2D eigenvalue weighted by molar-refractivity contribution is -0.274. The van der Waals surface area contributed by atoms with Gasteiger partial charge in [-0.15, -0.1) is 13.2 Å². The molecular formula is C8H3BrF3NO2. The second kappa shape index (κ2) is 3.41. The van der Waals surface area contributed by atoms with Crippen LogP contribution < -0.4 is 4.74 Å². The molecule has 0 aliphatic carbocycles. The molecule has 2 aromatic rings. The molecule has 1 aromatic heterocycles. The molecule has 0 unspecified atom stereocenters. The number of benzene rings is 1. The predicted octanol–water partition coefficient (Wildman–Crippen LogP) is 3.49. The SMILES string of the molecule is FC(F)(F)Oc1ccc2oc(Br)nc2c1. The zero-order valence-corrected chi connectivity index (χ0v) is 8.59. The highest BCUT2D eigenvalue weighted by Gasteiger charge is 2.31. The molecule has 0 saturated carbocycles. The summed E-state index contributed by atoms with van der Waals surface area (Å²) in [6.45, 7) is 0. The van der Waals surface area contributed by atoms with Crippen LogP contribution in [0.4, 0.5) is 13.2 Å². The van der Waals surface area contributed by atoms with Crippen LogP contribution in [0.2, 0.25) is 0 Å². The van der Waals surface area contributed by atoms with Crippen molar-refractivity contribution >= 4 is 27.0 Å². The fourth-order valence-electron chi connectivity index (χ4n) is 1.08. The summed E-state index contributed by atoms with van der Waals surface area (Å²) in [6, 6.07) is 3.67. The lowest BCUT2D eigenvalue weighted by Crippen LogP contribution is -2.16. The molecule has 80 valence electrons. The first-order valence-electron chi connectivity index (χ1n) is 3.76. The van der Waals surface area contributed by atoms with E-state index in [2.05, 4.69) is 25.7 Å². The highest BCUT2D eigenvalue weighted by Crippen LogP contribution is 2.27. The van der Waals surface area contributed by atoms with Crippen molar-refractivity contribution in [3.63, 3.8) is 0 Å². The van der Waals surface area contributed by atoms with E-state index in [1.807, 2.05) is 0 Å². The number of nitrogens with zero attached hydrogens (tertiary/aromatic N) is 1. The first-order chi connectivity index (χ1) is 6.94. The minimum atomic E-state index is -4.70. The number of ether oxygens (including phenoxy) is 1. The molecule has 15 heavy (non-hydrogen) atoms. The molecule has 0 aliphatic heterocycles. The Labute approximate surface area is 90.0 Å². The molecule has 7 heteroatoms. The molecule has 3 nitrogen and oxygen atoms in total. The summed E-state index contributed by atoms with van der Waals surface area (Å²) in [5, 5.41) is 0. The summed E-state index contributed by atoms with van der Waals surface area (Å²) in [6.07, 6.45) is -4.70. The molecule has 0 saturated heterocycles. The van der Waals surface area contributed by atoms with E-state index in [1.54, 1.807) is 0 Å². The second-order valence-corrected chi connectivity index (χ2v) is 3.32. The van der Waals surface area contributed by atoms with Gasteiger partial charge in [0, 0.05) is 22.0 Å². The third-order valence-corrected chi connectivity index (χ3v) is 1.91. The maximum absolute atomic E-state index is 11.9. The van der Waals surface area contributed by atoms with Crippen LogP contribution in [0.5, 0.6) is 5.75 Å². The van der Waals surface area contributed by atoms with E-state index in [-0.39, 0.29) is 10.5 Å². The van der Waals surface area contributed by atoms with Crippen molar-refractivity contribution in [1.82, 2.24) is 4.98 Å². The quantitative estimate of drug-likeness (QED) is 0.803. The molecular weight excluding hydrogens is 279 g/mol. The lowest BCUT2D eigenvalue weighted by atomic mass is 10.3. The first kappa shape index (κ1) is 10.3. The Balaban J connectivity index is 2.38. The van der Waals surface area contributed by atoms with Gasteiger partial charge >= 0.3 is 6.36 Å². The molecule has 0 bridgehead atoms. The molecule has 0 aliphatic rings. The summed E-state index contributed by atoms with van der Waals surface area (Å²) in [5.41, 5.74) is 0.681. The highest BCUT2D eigenvalue weighted by molar-refractivity contribution is 9.10. The van der Waals surface area contributed by atoms with Gasteiger partial charge in [0.1, 0.15) is 11.3 Å². The number of aromatic nitrogens is 1. The van der Waals surface area contributed by atoms with Crippen LogP contribution in [-0.4, -0.2) is 11.3 Å². The number of oxazole rings is 1. The van der Waals surface area contributed by atoms with Crippen molar-refractivity contribution in [2.45, 2.75) is 6.36 Å². The highest BCUT2D eigenvalue weighted by atomic mass is 79.9. The summed E-state index contributed by atoms with van der Waals surface area (Å²) >= 11 is 2.97. The fourth-order valence-corrected chi connectivity index (χ4v) is 1.44. The molecule has 0 radical (unpaired) electrons. The number of halogens is 4. The van der Waals surface area contributed by atoms with E-state index in [0.717, 1.165) is 12.1 Å². The van der Waals surface area contributed by atoms with E-state index in [9.17, 15) is 13.2 Å². The van der Waals surface area contributed by atoms with Gasteiger partial charge < -0.3 is 9.15 Å². The Bertz CT molecular complexity index is 494. The maximum atomic E-state index is 11.9. The minimum absolute atomic E-state index is 0.210. The van der Waals surface area contributed by atoms with Crippen LogP contribution in [0.25, 0.3) is 11.1 Å². The van der Waals surface area contributed by atoms with Crippen LogP contribution in [-0.2, 0) is 0 Å². The molecule has 0 N–H and O–H groups in total. The van der Waals surface area contributed by atoms with Crippen LogP contribution >= 0.6 is 15.9 Å². The lowest BCUT2D eigenvalue weighted by Gasteiger charge is -2.07. The van der Waals surface area contributed by atoms with Crippen molar-refractivity contribution in [3.05, 3.63) is 23.0 Å².